The van der Waals surface area contributed by atoms with Crippen molar-refractivity contribution in [3.8, 4) is 28.6 Å². The molecule has 1 aliphatic rings. The monoisotopic (exact) mass is 469 g/mol. The van der Waals surface area contributed by atoms with Crippen LogP contribution in [0.3, 0.4) is 0 Å². The number of hydrogen-bond donors (Lipinski definition) is 2. The van der Waals surface area contributed by atoms with E-state index in [0.29, 0.717) is 34.8 Å². The van der Waals surface area contributed by atoms with Gasteiger partial charge in [-0.2, -0.15) is 4.98 Å². The van der Waals surface area contributed by atoms with Crippen LogP contribution in [0.2, 0.25) is 5.02 Å². The van der Waals surface area contributed by atoms with E-state index >= 15 is 0 Å². The number of ether oxygens (including phenoxy) is 1. The van der Waals surface area contributed by atoms with Crippen molar-refractivity contribution in [2.24, 2.45) is 5.92 Å². The van der Waals surface area contributed by atoms with Gasteiger partial charge in [0, 0.05) is 29.8 Å². The van der Waals surface area contributed by atoms with E-state index in [-0.39, 0.29) is 12.5 Å². The predicted molar refractivity (Wildman–Crippen MR) is 128 cm³/mol. The molecule has 0 saturated carbocycles. The largest absolute Gasteiger partial charge is 0.489 e. The smallest absolute Gasteiger partial charge is 0.303 e. The van der Waals surface area contributed by atoms with E-state index in [4.69, 9.17) is 26.0 Å². The van der Waals surface area contributed by atoms with E-state index in [0.717, 1.165) is 42.6 Å². The Hall–Kier alpha value is -3.06. The molecule has 33 heavy (non-hydrogen) atoms. The van der Waals surface area contributed by atoms with Crippen LogP contribution in [-0.2, 0) is 11.2 Å². The van der Waals surface area contributed by atoms with Crippen LogP contribution < -0.4 is 10.1 Å². The Morgan fingerprint density at radius 3 is 2.85 bits per heavy atom. The maximum atomic E-state index is 10.8. The van der Waals surface area contributed by atoms with Crippen LogP contribution >= 0.6 is 11.6 Å². The van der Waals surface area contributed by atoms with Crippen molar-refractivity contribution < 1.29 is 19.2 Å². The lowest BCUT2D eigenvalue weighted by atomic mass is 9.91. The molecule has 4 rings (SSSR count). The molecule has 0 saturated heterocycles. The number of fused-ring (bicyclic) bond motifs is 1. The summed E-state index contributed by atoms with van der Waals surface area (Å²) in [5, 5.41) is 17.1. The minimum atomic E-state index is -0.735. The Bertz CT molecular complexity index is 1130. The van der Waals surface area contributed by atoms with Crippen molar-refractivity contribution in [1.82, 2.24) is 10.1 Å². The zero-order valence-corrected chi connectivity index (χ0v) is 19.6. The Morgan fingerprint density at radius 1 is 1.27 bits per heavy atom. The molecule has 2 N–H and O–H groups in total. The highest BCUT2D eigenvalue weighted by molar-refractivity contribution is 6.32. The topological polar surface area (TPSA) is 97.5 Å². The lowest BCUT2D eigenvalue weighted by Gasteiger charge is -2.13. The average molecular weight is 470 g/mol. The van der Waals surface area contributed by atoms with Crippen LogP contribution in [0.1, 0.15) is 45.1 Å². The fourth-order valence-electron chi connectivity index (χ4n) is 4.13. The molecule has 1 atom stereocenters. The number of halogens is 1. The third-order valence-corrected chi connectivity index (χ3v) is 6.01. The highest BCUT2D eigenvalue weighted by Gasteiger charge is 2.19. The highest BCUT2D eigenvalue weighted by atomic mass is 35.5. The van der Waals surface area contributed by atoms with E-state index in [2.05, 4.69) is 27.6 Å². The first-order valence-electron chi connectivity index (χ1n) is 11.3. The Morgan fingerprint density at radius 2 is 2.09 bits per heavy atom. The SMILES string of the molecule is CC(C)Oc1ccc(-c2nc(-c3ccc4c(c3)CC(CCCC(=O)O)CCN4)no2)cc1Cl. The van der Waals surface area contributed by atoms with Gasteiger partial charge in [-0.25, -0.2) is 0 Å². The quantitative estimate of drug-likeness (QED) is 0.413. The van der Waals surface area contributed by atoms with Crippen LogP contribution in [0, 0.1) is 5.92 Å². The zero-order chi connectivity index (χ0) is 23.4. The minimum Gasteiger partial charge on any atom is -0.489 e. The number of carboxylic acid groups (broad SMARTS) is 1. The van der Waals surface area contributed by atoms with Gasteiger partial charge < -0.3 is 19.7 Å². The average Bonchev–Trinajstić information content (AvgIpc) is 3.17. The molecule has 0 fully saturated rings. The number of rotatable bonds is 8. The molecule has 0 bridgehead atoms. The maximum absolute atomic E-state index is 10.8. The fourth-order valence-corrected chi connectivity index (χ4v) is 4.35. The first-order chi connectivity index (χ1) is 15.9. The van der Waals surface area contributed by atoms with Crippen molar-refractivity contribution in [2.45, 2.75) is 52.1 Å². The molecule has 174 valence electrons. The highest BCUT2D eigenvalue weighted by Crippen LogP contribution is 2.33. The fraction of sp³-hybridized carbons (Fsp3) is 0.400. The number of aromatic nitrogens is 2. The van der Waals surface area contributed by atoms with Crippen LogP contribution in [-0.4, -0.2) is 33.9 Å². The molecule has 7 nitrogen and oxygen atoms in total. The number of carboxylic acids is 1. The van der Waals surface area contributed by atoms with Crippen LogP contribution in [0.25, 0.3) is 22.8 Å². The van der Waals surface area contributed by atoms with Crippen LogP contribution in [0.4, 0.5) is 5.69 Å². The first-order valence-corrected chi connectivity index (χ1v) is 11.7. The molecule has 0 spiro atoms. The third kappa shape index (κ3) is 5.85. The number of hydrogen-bond acceptors (Lipinski definition) is 6. The Kier molecular flexibility index (Phi) is 7.18. The standard InChI is InChI=1S/C25H28ClN3O4/c1-15(2)32-22-9-7-18(14-20(22)26)25-28-24(29-33-25)17-6-8-21-19(13-17)12-16(10-11-27-21)4-3-5-23(30)31/h6-9,13-16,27H,3-5,10-12H2,1-2H3,(H,30,31). The molecule has 1 aliphatic heterocycles. The van der Waals surface area contributed by atoms with Gasteiger partial charge in [-0.15, -0.1) is 0 Å². The zero-order valence-electron chi connectivity index (χ0n) is 18.8. The second-order valence-electron chi connectivity index (χ2n) is 8.68. The number of benzene rings is 2. The predicted octanol–water partition coefficient (Wildman–Crippen LogP) is 6.07. The molecule has 0 radical (unpaired) electrons. The summed E-state index contributed by atoms with van der Waals surface area (Å²) in [5.74, 6) is 1.23. The van der Waals surface area contributed by atoms with Crippen molar-refractivity contribution in [3.05, 3.63) is 47.0 Å². The third-order valence-electron chi connectivity index (χ3n) is 5.71. The van der Waals surface area contributed by atoms with Crippen molar-refractivity contribution in [2.75, 3.05) is 11.9 Å². The molecular weight excluding hydrogens is 442 g/mol. The lowest BCUT2D eigenvalue weighted by molar-refractivity contribution is -0.137. The van der Waals surface area contributed by atoms with E-state index in [9.17, 15) is 4.79 Å². The molecule has 2 aromatic carbocycles. The van der Waals surface area contributed by atoms with Gasteiger partial charge in [0.1, 0.15) is 5.75 Å². The van der Waals surface area contributed by atoms with Gasteiger partial charge in [0.2, 0.25) is 5.82 Å². The van der Waals surface area contributed by atoms with Gasteiger partial charge in [0.15, 0.2) is 0 Å². The van der Waals surface area contributed by atoms with Gasteiger partial charge in [-0.1, -0.05) is 16.8 Å². The van der Waals surface area contributed by atoms with E-state index < -0.39 is 5.97 Å². The van der Waals surface area contributed by atoms with Crippen LogP contribution in [0.5, 0.6) is 5.75 Å². The maximum Gasteiger partial charge on any atom is 0.303 e. The minimum absolute atomic E-state index is 0.0304. The summed E-state index contributed by atoms with van der Waals surface area (Å²) in [5.41, 5.74) is 3.90. The van der Waals surface area contributed by atoms with Crippen molar-refractivity contribution >= 4 is 23.3 Å². The number of nitrogens with one attached hydrogen (secondary N) is 1. The first kappa shape index (κ1) is 23.1. The van der Waals surface area contributed by atoms with E-state index in [1.807, 2.05) is 26.0 Å². The summed E-state index contributed by atoms with van der Waals surface area (Å²) >= 11 is 6.35. The Balaban J connectivity index is 1.51. The Labute approximate surface area is 198 Å². The molecule has 1 aromatic heterocycles. The van der Waals surface area contributed by atoms with Gasteiger partial charge in [0.25, 0.3) is 5.89 Å². The summed E-state index contributed by atoms with van der Waals surface area (Å²) < 4.78 is 11.2. The number of nitrogens with zero attached hydrogens (tertiary/aromatic N) is 2. The molecule has 2 heterocycles. The van der Waals surface area contributed by atoms with E-state index in [1.54, 1.807) is 12.1 Å². The van der Waals surface area contributed by atoms with Crippen molar-refractivity contribution in [3.63, 3.8) is 0 Å². The van der Waals surface area contributed by atoms with Gasteiger partial charge in [-0.05, 0) is 87.4 Å². The van der Waals surface area contributed by atoms with Crippen LogP contribution in [0.15, 0.2) is 40.9 Å². The molecule has 8 heteroatoms. The van der Waals surface area contributed by atoms with Gasteiger partial charge in [-0.3, -0.25) is 4.79 Å². The second-order valence-corrected chi connectivity index (χ2v) is 9.09. The van der Waals surface area contributed by atoms with Crippen molar-refractivity contribution in [1.29, 1.82) is 0 Å². The summed E-state index contributed by atoms with van der Waals surface area (Å²) in [6, 6.07) is 11.6. The molecular formula is C25H28ClN3O4. The number of anilines is 1. The molecule has 3 aromatic rings. The van der Waals surface area contributed by atoms with Gasteiger partial charge >= 0.3 is 5.97 Å². The normalized spacial score (nSPS) is 15.6. The summed E-state index contributed by atoms with van der Waals surface area (Å²) in [6.07, 6.45) is 3.77. The molecule has 1 unspecified atom stereocenters. The summed E-state index contributed by atoms with van der Waals surface area (Å²) in [7, 11) is 0. The summed E-state index contributed by atoms with van der Waals surface area (Å²) in [4.78, 5) is 15.4. The second kappa shape index (κ2) is 10.3. The summed E-state index contributed by atoms with van der Waals surface area (Å²) in [6.45, 7) is 4.78. The van der Waals surface area contributed by atoms with E-state index in [1.165, 1.54) is 5.56 Å². The molecule has 0 aliphatic carbocycles. The van der Waals surface area contributed by atoms with Gasteiger partial charge in [0.05, 0.1) is 11.1 Å². The number of aliphatic carboxylic acids is 1. The molecule has 0 amide bonds. The lowest BCUT2D eigenvalue weighted by Crippen LogP contribution is -2.07. The number of carbonyl (C=O) groups is 1.